The molecule has 138 valence electrons. The smallest absolute Gasteiger partial charge is 0.407 e. The van der Waals surface area contributed by atoms with E-state index in [1.807, 2.05) is 33.8 Å². The molecule has 1 rings (SSSR count). The van der Waals surface area contributed by atoms with Gasteiger partial charge in [-0.3, -0.25) is 4.99 Å². The molecule has 0 radical (unpaired) electrons. The van der Waals surface area contributed by atoms with Gasteiger partial charge in [0.2, 0.25) is 0 Å². The molecule has 1 amide bonds. The summed E-state index contributed by atoms with van der Waals surface area (Å²) in [5, 5.41) is 12.8. The molecule has 3 N–H and O–H groups in total. The van der Waals surface area contributed by atoms with E-state index in [4.69, 9.17) is 9.26 Å². The van der Waals surface area contributed by atoms with Crippen molar-refractivity contribution in [2.24, 2.45) is 4.99 Å². The quantitative estimate of drug-likeness (QED) is 0.264. The Hall–Kier alpha value is -1.52. The molecule has 0 atom stereocenters. The monoisotopic (exact) mass is 453 g/mol. The van der Waals surface area contributed by atoms with Crippen LogP contribution in [0.25, 0.3) is 0 Å². The predicted octanol–water partition coefficient (Wildman–Crippen LogP) is 2.04. The van der Waals surface area contributed by atoms with Gasteiger partial charge in [0.1, 0.15) is 5.60 Å². The number of aliphatic imine (C=N–C) groups is 1. The number of alkyl carbamates (subject to hydrolysis) is 1. The van der Waals surface area contributed by atoms with Gasteiger partial charge in [0.05, 0.1) is 12.2 Å². The summed E-state index contributed by atoms with van der Waals surface area (Å²) in [6, 6.07) is 1.91. The molecule has 9 heteroatoms. The van der Waals surface area contributed by atoms with Crippen LogP contribution < -0.4 is 16.0 Å². The number of aryl methyl sites for hydroxylation is 1. The van der Waals surface area contributed by atoms with Gasteiger partial charge in [-0.2, -0.15) is 0 Å². The highest BCUT2D eigenvalue weighted by Gasteiger charge is 2.15. The predicted molar refractivity (Wildman–Crippen MR) is 104 cm³/mol. The summed E-state index contributed by atoms with van der Waals surface area (Å²) in [6.45, 7) is 8.94. The first-order valence-corrected chi connectivity index (χ1v) is 7.70. The highest BCUT2D eigenvalue weighted by Crippen LogP contribution is 2.06. The highest BCUT2D eigenvalue weighted by atomic mass is 127. The summed E-state index contributed by atoms with van der Waals surface area (Å²) in [5.41, 5.74) is 0.426. The first kappa shape index (κ1) is 22.5. The van der Waals surface area contributed by atoms with E-state index in [0.29, 0.717) is 25.6 Å². The second-order valence-corrected chi connectivity index (χ2v) is 5.92. The summed E-state index contributed by atoms with van der Waals surface area (Å²) in [5.74, 6) is 1.36. The molecule has 1 aromatic rings. The average Bonchev–Trinajstić information content (AvgIpc) is 2.92. The van der Waals surface area contributed by atoms with Crippen molar-refractivity contribution < 1.29 is 14.1 Å². The highest BCUT2D eigenvalue weighted by molar-refractivity contribution is 14.0. The number of rotatable bonds is 6. The van der Waals surface area contributed by atoms with E-state index >= 15 is 0 Å². The Morgan fingerprint density at radius 3 is 2.50 bits per heavy atom. The second-order valence-electron chi connectivity index (χ2n) is 5.92. The molecule has 0 aliphatic rings. The van der Waals surface area contributed by atoms with Crippen LogP contribution in [0.5, 0.6) is 0 Å². The molecule has 0 aliphatic carbocycles. The van der Waals surface area contributed by atoms with Crippen LogP contribution in [-0.4, -0.2) is 42.9 Å². The first-order chi connectivity index (χ1) is 10.8. The zero-order chi connectivity index (χ0) is 17.3. The van der Waals surface area contributed by atoms with Crippen molar-refractivity contribution in [3.8, 4) is 0 Å². The summed E-state index contributed by atoms with van der Waals surface area (Å²) < 4.78 is 10.3. The van der Waals surface area contributed by atoms with Crippen molar-refractivity contribution in [1.29, 1.82) is 0 Å². The topological polar surface area (TPSA) is 101 Å². The Balaban J connectivity index is 0.00000529. The summed E-state index contributed by atoms with van der Waals surface area (Å²) in [4.78, 5) is 15.6. The first-order valence-electron chi connectivity index (χ1n) is 7.70. The normalized spacial score (nSPS) is 11.5. The number of aromatic nitrogens is 1. The number of carbonyl (C=O) groups excluding carboxylic acids is 1. The fourth-order valence-corrected chi connectivity index (χ4v) is 1.66. The number of ether oxygens (including phenoxy) is 1. The second kappa shape index (κ2) is 11.1. The van der Waals surface area contributed by atoms with Crippen LogP contribution in [-0.2, 0) is 17.7 Å². The van der Waals surface area contributed by atoms with Gasteiger partial charge in [-0.1, -0.05) is 12.1 Å². The van der Waals surface area contributed by atoms with E-state index in [-0.39, 0.29) is 24.0 Å². The number of amides is 1. The van der Waals surface area contributed by atoms with E-state index in [1.54, 1.807) is 7.05 Å². The average molecular weight is 453 g/mol. The van der Waals surface area contributed by atoms with Crippen LogP contribution in [0.3, 0.4) is 0 Å². The van der Waals surface area contributed by atoms with E-state index < -0.39 is 11.7 Å². The van der Waals surface area contributed by atoms with E-state index in [0.717, 1.165) is 17.9 Å². The van der Waals surface area contributed by atoms with Crippen LogP contribution in [0.4, 0.5) is 4.79 Å². The standard InChI is InChI=1S/C15H27N5O3.HI/c1-6-11-9-12(23-20-11)10-19-13(16-5)17-7-8-18-14(21)22-15(2,3)4;/h9H,6-8,10H2,1-5H3,(H,18,21)(H2,16,17,19);1H. The largest absolute Gasteiger partial charge is 0.444 e. The maximum atomic E-state index is 11.5. The number of nitrogens with zero attached hydrogens (tertiary/aromatic N) is 2. The van der Waals surface area contributed by atoms with E-state index in [1.165, 1.54) is 0 Å². The lowest BCUT2D eigenvalue weighted by Gasteiger charge is -2.19. The van der Waals surface area contributed by atoms with Gasteiger partial charge in [0, 0.05) is 26.2 Å². The zero-order valence-corrected chi connectivity index (χ0v) is 17.3. The Morgan fingerprint density at radius 1 is 1.29 bits per heavy atom. The molecule has 0 bridgehead atoms. The summed E-state index contributed by atoms with van der Waals surface area (Å²) in [7, 11) is 1.68. The lowest BCUT2D eigenvalue weighted by atomic mass is 10.2. The van der Waals surface area contributed by atoms with Gasteiger partial charge in [-0.25, -0.2) is 4.79 Å². The molecule has 0 saturated carbocycles. The summed E-state index contributed by atoms with van der Waals surface area (Å²) >= 11 is 0. The maximum absolute atomic E-state index is 11.5. The van der Waals surface area contributed by atoms with Crippen molar-refractivity contribution in [2.75, 3.05) is 20.1 Å². The van der Waals surface area contributed by atoms with Gasteiger partial charge in [0.25, 0.3) is 0 Å². The van der Waals surface area contributed by atoms with E-state index in [9.17, 15) is 4.79 Å². The van der Waals surface area contributed by atoms with Crippen molar-refractivity contribution in [2.45, 2.75) is 46.3 Å². The van der Waals surface area contributed by atoms with Gasteiger partial charge in [-0.15, -0.1) is 24.0 Å². The van der Waals surface area contributed by atoms with Gasteiger partial charge in [-0.05, 0) is 27.2 Å². The SMILES string of the molecule is CCc1cc(CNC(=NC)NCCNC(=O)OC(C)(C)C)on1.I. The van der Waals surface area contributed by atoms with Crippen LogP contribution in [0, 0.1) is 0 Å². The van der Waals surface area contributed by atoms with Gasteiger partial charge >= 0.3 is 6.09 Å². The number of hydrogen-bond donors (Lipinski definition) is 3. The molecule has 1 aromatic heterocycles. The third-order valence-electron chi connectivity index (χ3n) is 2.71. The van der Waals surface area contributed by atoms with Crippen LogP contribution >= 0.6 is 24.0 Å². The fourth-order valence-electron chi connectivity index (χ4n) is 1.66. The molecule has 0 saturated heterocycles. The Labute approximate surface area is 160 Å². The minimum Gasteiger partial charge on any atom is -0.444 e. The maximum Gasteiger partial charge on any atom is 0.407 e. The minimum atomic E-state index is -0.497. The third-order valence-corrected chi connectivity index (χ3v) is 2.71. The van der Waals surface area contributed by atoms with Crippen molar-refractivity contribution in [3.63, 3.8) is 0 Å². The zero-order valence-electron chi connectivity index (χ0n) is 14.9. The van der Waals surface area contributed by atoms with Gasteiger partial charge in [0.15, 0.2) is 11.7 Å². The number of carbonyl (C=O) groups is 1. The van der Waals surface area contributed by atoms with Crippen LogP contribution in [0.1, 0.15) is 39.1 Å². The number of halogens is 1. The molecular formula is C15H28IN5O3. The molecular weight excluding hydrogens is 425 g/mol. The summed E-state index contributed by atoms with van der Waals surface area (Å²) in [6.07, 6.45) is 0.406. The Bertz CT molecular complexity index is 525. The molecule has 0 aromatic carbocycles. The van der Waals surface area contributed by atoms with E-state index in [2.05, 4.69) is 26.1 Å². The molecule has 0 spiro atoms. The number of hydrogen-bond acceptors (Lipinski definition) is 5. The van der Waals surface area contributed by atoms with Crippen molar-refractivity contribution in [3.05, 3.63) is 17.5 Å². The Kier molecular flexibility index (Phi) is 10.4. The molecule has 8 nitrogen and oxygen atoms in total. The Morgan fingerprint density at radius 2 is 1.96 bits per heavy atom. The lowest BCUT2D eigenvalue weighted by molar-refractivity contribution is 0.0529. The molecule has 0 fully saturated rings. The van der Waals surface area contributed by atoms with Crippen molar-refractivity contribution in [1.82, 2.24) is 21.1 Å². The molecule has 1 heterocycles. The molecule has 24 heavy (non-hydrogen) atoms. The number of nitrogens with one attached hydrogen (secondary N) is 3. The third kappa shape index (κ3) is 9.58. The molecule has 0 unspecified atom stereocenters. The van der Waals surface area contributed by atoms with Crippen molar-refractivity contribution >= 4 is 36.0 Å². The van der Waals surface area contributed by atoms with Crippen LogP contribution in [0.15, 0.2) is 15.6 Å². The van der Waals surface area contributed by atoms with Gasteiger partial charge < -0.3 is 25.2 Å². The molecule has 0 aliphatic heterocycles. The number of guanidine groups is 1. The fraction of sp³-hybridized carbons (Fsp3) is 0.667. The van der Waals surface area contributed by atoms with Crippen LogP contribution in [0.2, 0.25) is 0 Å². The lowest BCUT2D eigenvalue weighted by Crippen LogP contribution is -2.42. The minimum absolute atomic E-state index is 0.